The second-order valence-electron chi connectivity index (χ2n) is 6.07. The number of rotatable bonds is 4. The van der Waals surface area contributed by atoms with E-state index in [1.165, 1.54) is 11.3 Å². The van der Waals surface area contributed by atoms with Crippen molar-refractivity contribution in [2.45, 2.75) is 52.2 Å². The molecule has 1 atom stereocenters. The Morgan fingerprint density at radius 2 is 2.11 bits per heavy atom. The third-order valence-electron chi connectivity index (χ3n) is 3.71. The van der Waals surface area contributed by atoms with E-state index in [0.29, 0.717) is 0 Å². The summed E-state index contributed by atoms with van der Waals surface area (Å²) in [5.74, 6) is 0.983. The van der Waals surface area contributed by atoms with E-state index in [-0.39, 0.29) is 11.6 Å². The Hall–Kier alpha value is -1.22. The molecule has 2 N–H and O–H groups in total. The number of nitrogens with two attached hydrogens (primary N) is 1. The lowest BCUT2D eigenvalue weighted by Crippen LogP contribution is -2.50. The molecule has 0 radical (unpaired) electrons. The molecule has 0 spiro atoms. The predicted molar refractivity (Wildman–Crippen MR) is 81.0 cm³/mol. The number of nitrogens with zero attached hydrogens (tertiary/aromatic N) is 1. The highest BCUT2D eigenvalue weighted by molar-refractivity contribution is 5.62. The summed E-state index contributed by atoms with van der Waals surface area (Å²) in [7, 11) is 0. The van der Waals surface area contributed by atoms with Crippen molar-refractivity contribution in [3.05, 3.63) is 23.8 Å². The van der Waals surface area contributed by atoms with Crippen LogP contribution in [0.1, 0.15) is 39.7 Å². The fraction of sp³-hybridized carbons (Fsp3) is 0.625. The quantitative estimate of drug-likeness (QED) is 0.906. The van der Waals surface area contributed by atoms with Gasteiger partial charge < -0.3 is 15.4 Å². The van der Waals surface area contributed by atoms with Gasteiger partial charge in [0.1, 0.15) is 11.4 Å². The number of fused-ring (bicyclic) bond motifs is 1. The van der Waals surface area contributed by atoms with Crippen LogP contribution in [0.3, 0.4) is 0 Å². The molecule has 0 saturated heterocycles. The Balaban J connectivity index is 2.33. The van der Waals surface area contributed by atoms with Gasteiger partial charge in [0.25, 0.3) is 0 Å². The van der Waals surface area contributed by atoms with Gasteiger partial charge in [0.2, 0.25) is 0 Å². The molecule has 0 saturated carbocycles. The molecule has 1 aromatic rings. The van der Waals surface area contributed by atoms with Crippen LogP contribution in [0.5, 0.6) is 5.75 Å². The van der Waals surface area contributed by atoms with Gasteiger partial charge in [-0.3, -0.25) is 0 Å². The van der Waals surface area contributed by atoms with Crippen LogP contribution in [-0.4, -0.2) is 24.7 Å². The van der Waals surface area contributed by atoms with Crippen molar-refractivity contribution >= 4 is 5.69 Å². The topological polar surface area (TPSA) is 38.5 Å². The highest BCUT2D eigenvalue weighted by atomic mass is 16.5. The number of hydrogen-bond acceptors (Lipinski definition) is 3. The fourth-order valence-corrected chi connectivity index (χ4v) is 2.57. The normalized spacial score (nSPS) is 18.7. The number of anilines is 1. The molecule has 0 bridgehead atoms. The smallest absolute Gasteiger partial charge is 0.143 e. The van der Waals surface area contributed by atoms with Gasteiger partial charge in [0, 0.05) is 12.6 Å². The van der Waals surface area contributed by atoms with Crippen molar-refractivity contribution in [1.29, 1.82) is 0 Å². The Morgan fingerprint density at radius 3 is 2.74 bits per heavy atom. The van der Waals surface area contributed by atoms with Crippen molar-refractivity contribution in [2.75, 3.05) is 18.0 Å². The lowest BCUT2D eigenvalue weighted by atomic mass is 10.0. The third kappa shape index (κ3) is 3.21. The SMILES string of the molecule is CCc1ccc2c(c1)N(CC(N)CC)CC(C)(C)O2. The van der Waals surface area contributed by atoms with Crippen LogP contribution in [-0.2, 0) is 6.42 Å². The molecule has 1 unspecified atom stereocenters. The highest BCUT2D eigenvalue weighted by Gasteiger charge is 2.32. The number of benzene rings is 1. The molecule has 0 amide bonds. The van der Waals surface area contributed by atoms with Gasteiger partial charge in [-0.1, -0.05) is 19.9 Å². The maximum atomic E-state index is 6.14. The number of aryl methyl sites for hydroxylation is 1. The van der Waals surface area contributed by atoms with Crippen LogP contribution in [0.25, 0.3) is 0 Å². The van der Waals surface area contributed by atoms with Crippen LogP contribution in [0.15, 0.2) is 18.2 Å². The largest absolute Gasteiger partial charge is 0.484 e. The summed E-state index contributed by atoms with van der Waals surface area (Å²) in [4.78, 5) is 2.38. The van der Waals surface area contributed by atoms with Crippen molar-refractivity contribution < 1.29 is 4.74 Å². The summed E-state index contributed by atoms with van der Waals surface area (Å²) >= 11 is 0. The van der Waals surface area contributed by atoms with E-state index in [1.807, 2.05) is 0 Å². The predicted octanol–water partition coefficient (Wildman–Crippen LogP) is 2.96. The molecule has 1 aliphatic heterocycles. The van der Waals surface area contributed by atoms with E-state index in [2.05, 4.69) is 50.8 Å². The molecule has 0 aliphatic carbocycles. The third-order valence-corrected chi connectivity index (χ3v) is 3.71. The van der Waals surface area contributed by atoms with E-state index < -0.39 is 0 Å². The van der Waals surface area contributed by atoms with Crippen LogP contribution in [0.2, 0.25) is 0 Å². The van der Waals surface area contributed by atoms with Gasteiger partial charge in [0.15, 0.2) is 0 Å². The van der Waals surface area contributed by atoms with Crippen LogP contribution in [0, 0.1) is 0 Å². The standard InChI is InChI=1S/C16H26N2O/c1-5-12-7-8-15-14(9-12)18(10-13(17)6-2)11-16(3,4)19-15/h7-9,13H,5-6,10-11,17H2,1-4H3. The second kappa shape index (κ2) is 5.41. The Labute approximate surface area is 116 Å². The van der Waals surface area contributed by atoms with Crippen molar-refractivity contribution in [1.82, 2.24) is 0 Å². The molecule has 3 heteroatoms. The molecular formula is C16H26N2O. The summed E-state index contributed by atoms with van der Waals surface area (Å²) < 4.78 is 6.08. The first-order valence-corrected chi connectivity index (χ1v) is 7.27. The second-order valence-corrected chi connectivity index (χ2v) is 6.07. The van der Waals surface area contributed by atoms with E-state index in [0.717, 1.165) is 31.7 Å². The van der Waals surface area contributed by atoms with Gasteiger partial charge in [0.05, 0.1) is 12.2 Å². The summed E-state index contributed by atoms with van der Waals surface area (Å²) in [5.41, 5.74) is 8.52. The first kappa shape index (κ1) is 14.2. The minimum atomic E-state index is -0.159. The van der Waals surface area contributed by atoms with Crippen molar-refractivity contribution in [2.24, 2.45) is 5.73 Å². The Morgan fingerprint density at radius 1 is 1.37 bits per heavy atom. The zero-order valence-corrected chi connectivity index (χ0v) is 12.6. The van der Waals surface area contributed by atoms with Crippen molar-refractivity contribution in [3.63, 3.8) is 0 Å². The summed E-state index contributed by atoms with van der Waals surface area (Å²) in [5, 5.41) is 0. The fourth-order valence-electron chi connectivity index (χ4n) is 2.57. The van der Waals surface area contributed by atoms with Crippen molar-refractivity contribution in [3.8, 4) is 5.75 Å². The summed E-state index contributed by atoms with van der Waals surface area (Å²) in [6, 6.07) is 6.71. The molecule has 0 fully saturated rings. The lowest BCUT2D eigenvalue weighted by molar-refractivity contribution is 0.104. The summed E-state index contributed by atoms with van der Waals surface area (Å²) in [6.07, 6.45) is 2.05. The molecule has 1 aromatic carbocycles. The zero-order valence-electron chi connectivity index (χ0n) is 12.6. The monoisotopic (exact) mass is 262 g/mol. The van der Waals surface area contributed by atoms with Gasteiger partial charge in [-0.2, -0.15) is 0 Å². The molecule has 1 heterocycles. The van der Waals surface area contributed by atoms with E-state index >= 15 is 0 Å². The number of hydrogen-bond donors (Lipinski definition) is 1. The van der Waals surface area contributed by atoms with Crippen LogP contribution < -0.4 is 15.4 Å². The molecule has 0 aromatic heterocycles. The zero-order chi connectivity index (χ0) is 14.0. The summed E-state index contributed by atoms with van der Waals surface area (Å²) in [6.45, 7) is 10.4. The Bertz CT molecular complexity index is 442. The van der Waals surface area contributed by atoms with Gasteiger partial charge in [-0.15, -0.1) is 0 Å². The number of ether oxygens (including phenoxy) is 1. The van der Waals surface area contributed by atoms with Gasteiger partial charge in [-0.05, 0) is 44.4 Å². The highest BCUT2D eigenvalue weighted by Crippen LogP contribution is 2.37. The molecular weight excluding hydrogens is 236 g/mol. The van der Waals surface area contributed by atoms with E-state index in [4.69, 9.17) is 10.5 Å². The average Bonchev–Trinajstić information content (AvgIpc) is 2.37. The van der Waals surface area contributed by atoms with Gasteiger partial charge in [-0.25, -0.2) is 0 Å². The van der Waals surface area contributed by atoms with Gasteiger partial charge >= 0.3 is 0 Å². The van der Waals surface area contributed by atoms with Crippen LogP contribution >= 0.6 is 0 Å². The molecule has 3 nitrogen and oxygen atoms in total. The van der Waals surface area contributed by atoms with Crippen LogP contribution in [0.4, 0.5) is 5.69 Å². The molecule has 19 heavy (non-hydrogen) atoms. The first-order valence-electron chi connectivity index (χ1n) is 7.27. The van der Waals surface area contributed by atoms with E-state index in [1.54, 1.807) is 0 Å². The molecule has 2 rings (SSSR count). The Kier molecular flexibility index (Phi) is 4.04. The minimum absolute atomic E-state index is 0.159. The minimum Gasteiger partial charge on any atom is -0.484 e. The molecule has 106 valence electrons. The van der Waals surface area contributed by atoms with E-state index in [9.17, 15) is 0 Å². The lowest BCUT2D eigenvalue weighted by Gasteiger charge is -2.42. The average molecular weight is 262 g/mol. The maximum absolute atomic E-state index is 6.14. The molecule has 1 aliphatic rings. The first-order chi connectivity index (χ1) is 8.95. The maximum Gasteiger partial charge on any atom is 0.143 e.